The van der Waals surface area contributed by atoms with Gasteiger partial charge in [-0.3, -0.25) is 13.9 Å². The van der Waals surface area contributed by atoms with Crippen LogP contribution in [-0.4, -0.2) is 50.9 Å². The molecule has 0 aromatic heterocycles. The highest BCUT2D eigenvalue weighted by molar-refractivity contribution is 7.92. The van der Waals surface area contributed by atoms with Crippen molar-refractivity contribution >= 4 is 50.7 Å². The Kier molecular flexibility index (Phi) is 11.1. The Labute approximate surface area is 252 Å². The summed E-state index contributed by atoms with van der Waals surface area (Å²) in [5, 5.41) is 3.55. The van der Waals surface area contributed by atoms with Gasteiger partial charge in [0.1, 0.15) is 18.3 Å². The number of ether oxygens (including phenoxy) is 1. The lowest BCUT2D eigenvalue weighted by molar-refractivity contribution is -0.139. The quantitative estimate of drug-likeness (QED) is 0.275. The molecule has 0 saturated heterocycles. The number of methoxy groups -OCH3 is 1. The molecule has 0 radical (unpaired) electrons. The molecule has 0 aliphatic carbocycles. The van der Waals surface area contributed by atoms with Gasteiger partial charge in [-0.05, 0) is 69.2 Å². The third-order valence-electron chi connectivity index (χ3n) is 6.75. The molecule has 0 aliphatic rings. The van der Waals surface area contributed by atoms with Crippen molar-refractivity contribution < 1.29 is 22.7 Å². The molecule has 8 nitrogen and oxygen atoms in total. The third kappa shape index (κ3) is 7.93. The fraction of sp³-hybridized carbons (Fsp3) is 0.333. The van der Waals surface area contributed by atoms with Crippen molar-refractivity contribution in [3.05, 3.63) is 87.9 Å². The molecule has 2 amide bonds. The third-order valence-corrected chi connectivity index (χ3v) is 9.26. The minimum Gasteiger partial charge on any atom is -0.495 e. The fourth-order valence-corrected chi connectivity index (χ4v) is 5.81. The zero-order valence-corrected chi connectivity index (χ0v) is 26.1. The SMILES string of the molecule is CCC(C)NC(=O)C(C)N(Cc1ccc(Cl)c(Cl)c1)C(=O)CN(c1ccccc1OC)S(=O)(=O)c1ccc(C)cc1. The van der Waals surface area contributed by atoms with Gasteiger partial charge in [-0.15, -0.1) is 0 Å². The lowest BCUT2D eigenvalue weighted by Crippen LogP contribution is -2.52. The zero-order valence-electron chi connectivity index (χ0n) is 23.7. The molecule has 3 aromatic rings. The van der Waals surface area contributed by atoms with Crippen LogP contribution in [0.5, 0.6) is 5.75 Å². The van der Waals surface area contributed by atoms with Crippen LogP contribution < -0.4 is 14.4 Å². The standard InChI is InChI=1S/C30H35Cl2N3O5S/c1-6-21(3)33-30(37)22(4)34(18-23-13-16-25(31)26(32)17-23)29(36)19-35(27-9-7-8-10-28(27)40-5)41(38,39)24-14-11-20(2)12-15-24/h7-17,21-22H,6,18-19H2,1-5H3,(H,33,37). The van der Waals surface area contributed by atoms with Gasteiger partial charge < -0.3 is 15.0 Å². The van der Waals surface area contributed by atoms with E-state index in [0.717, 1.165) is 9.87 Å². The van der Waals surface area contributed by atoms with Gasteiger partial charge in [-0.2, -0.15) is 0 Å². The van der Waals surface area contributed by atoms with Gasteiger partial charge in [0.05, 0.1) is 27.7 Å². The van der Waals surface area contributed by atoms with Crippen LogP contribution in [0.2, 0.25) is 10.0 Å². The second kappa shape index (κ2) is 14.1. The smallest absolute Gasteiger partial charge is 0.264 e. The number of anilines is 1. The minimum absolute atomic E-state index is 0.00480. The summed E-state index contributed by atoms with van der Waals surface area (Å²) < 4.78 is 34.4. The highest BCUT2D eigenvalue weighted by Gasteiger charge is 2.34. The molecule has 3 aromatic carbocycles. The molecule has 220 valence electrons. The number of aryl methyl sites for hydroxylation is 1. The predicted molar refractivity (Wildman–Crippen MR) is 163 cm³/mol. The maximum atomic E-state index is 14.1. The van der Waals surface area contributed by atoms with Crippen molar-refractivity contribution in [1.82, 2.24) is 10.2 Å². The van der Waals surface area contributed by atoms with Crippen molar-refractivity contribution in [3.8, 4) is 5.75 Å². The number of carbonyl (C=O) groups excluding carboxylic acids is 2. The molecule has 1 N–H and O–H groups in total. The van der Waals surface area contributed by atoms with E-state index in [4.69, 9.17) is 27.9 Å². The monoisotopic (exact) mass is 619 g/mol. The van der Waals surface area contributed by atoms with E-state index in [1.165, 1.54) is 24.1 Å². The minimum atomic E-state index is -4.22. The van der Waals surface area contributed by atoms with Gasteiger partial charge in [0.2, 0.25) is 11.8 Å². The number of amides is 2. The summed E-state index contributed by atoms with van der Waals surface area (Å²) in [4.78, 5) is 28.6. The molecule has 41 heavy (non-hydrogen) atoms. The van der Waals surface area contributed by atoms with Gasteiger partial charge in [-0.1, -0.05) is 66.0 Å². The second-order valence-corrected chi connectivity index (χ2v) is 12.4. The van der Waals surface area contributed by atoms with Gasteiger partial charge in [0, 0.05) is 12.6 Å². The molecular formula is C30H35Cl2N3O5S. The number of carbonyl (C=O) groups is 2. The molecule has 0 fully saturated rings. The van der Waals surface area contributed by atoms with Crippen LogP contribution in [0, 0.1) is 6.92 Å². The Bertz CT molecular complexity index is 1480. The summed E-state index contributed by atoms with van der Waals surface area (Å²) in [5.74, 6) is -0.683. The first-order valence-electron chi connectivity index (χ1n) is 13.1. The van der Waals surface area contributed by atoms with Crippen LogP contribution in [-0.2, 0) is 26.2 Å². The lowest BCUT2D eigenvalue weighted by atomic mass is 10.1. The lowest BCUT2D eigenvalue weighted by Gasteiger charge is -2.32. The number of benzene rings is 3. The van der Waals surface area contributed by atoms with E-state index in [0.29, 0.717) is 22.0 Å². The normalized spacial score (nSPS) is 12.8. The number of sulfonamides is 1. The Morgan fingerprint density at radius 3 is 2.24 bits per heavy atom. The average Bonchev–Trinajstić information content (AvgIpc) is 2.95. The largest absolute Gasteiger partial charge is 0.495 e. The Morgan fingerprint density at radius 2 is 1.63 bits per heavy atom. The number of hydrogen-bond acceptors (Lipinski definition) is 5. The first kappa shape index (κ1) is 32.2. The number of hydrogen-bond donors (Lipinski definition) is 1. The van der Waals surface area contributed by atoms with Crippen LogP contribution in [0.15, 0.2) is 71.6 Å². The molecule has 0 heterocycles. The van der Waals surface area contributed by atoms with E-state index < -0.39 is 28.5 Å². The topological polar surface area (TPSA) is 96.0 Å². The van der Waals surface area contributed by atoms with Crippen molar-refractivity contribution in [1.29, 1.82) is 0 Å². The van der Waals surface area contributed by atoms with E-state index >= 15 is 0 Å². The summed E-state index contributed by atoms with van der Waals surface area (Å²) in [6.07, 6.45) is 0.704. The summed E-state index contributed by atoms with van der Waals surface area (Å²) in [6.45, 7) is 6.68. The van der Waals surface area contributed by atoms with Crippen LogP contribution in [0.4, 0.5) is 5.69 Å². The first-order chi connectivity index (χ1) is 19.4. The van der Waals surface area contributed by atoms with Crippen molar-refractivity contribution in [2.75, 3.05) is 18.0 Å². The highest BCUT2D eigenvalue weighted by Crippen LogP contribution is 2.33. The number of nitrogens with one attached hydrogen (secondary N) is 1. The highest BCUT2D eigenvalue weighted by atomic mass is 35.5. The van der Waals surface area contributed by atoms with Gasteiger partial charge >= 0.3 is 0 Å². The van der Waals surface area contributed by atoms with E-state index in [2.05, 4.69) is 5.32 Å². The van der Waals surface area contributed by atoms with Crippen LogP contribution in [0.25, 0.3) is 0 Å². The summed E-state index contributed by atoms with van der Waals surface area (Å²) in [7, 11) is -2.79. The van der Waals surface area contributed by atoms with Crippen molar-refractivity contribution in [2.24, 2.45) is 0 Å². The second-order valence-electron chi connectivity index (χ2n) is 9.76. The maximum Gasteiger partial charge on any atom is 0.264 e. The Hall–Kier alpha value is -3.27. The molecule has 11 heteroatoms. The molecule has 2 atom stereocenters. The molecule has 0 saturated carbocycles. The summed E-state index contributed by atoms with van der Waals surface area (Å²) in [5.41, 5.74) is 1.70. The molecule has 0 aliphatic heterocycles. The summed E-state index contributed by atoms with van der Waals surface area (Å²) >= 11 is 12.3. The first-order valence-corrected chi connectivity index (χ1v) is 15.3. The number of nitrogens with zero attached hydrogens (tertiary/aromatic N) is 2. The van der Waals surface area contributed by atoms with Crippen LogP contribution >= 0.6 is 23.2 Å². The zero-order chi connectivity index (χ0) is 30.3. The predicted octanol–water partition coefficient (Wildman–Crippen LogP) is 5.84. The number of rotatable bonds is 12. The molecule has 0 spiro atoms. The summed E-state index contributed by atoms with van der Waals surface area (Å²) in [6, 6.07) is 16.8. The number of para-hydroxylation sites is 2. The Morgan fingerprint density at radius 1 is 0.976 bits per heavy atom. The maximum absolute atomic E-state index is 14.1. The van der Waals surface area contributed by atoms with E-state index in [-0.39, 0.29) is 34.8 Å². The number of halogens is 2. The van der Waals surface area contributed by atoms with Gasteiger partial charge in [0.15, 0.2) is 0 Å². The van der Waals surface area contributed by atoms with Crippen molar-refractivity contribution in [3.63, 3.8) is 0 Å². The van der Waals surface area contributed by atoms with E-state index in [1.807, 2.05) is 20.8 Å². The van der Waals surface area contributed by atoms with Gasteiger partial charge in [-0.25, -0.2) is 8.42 Å². The molecular weight excluding hydrogens is 585 g/mol. The molecule has 2 unspecified atom stereocenters. The van der Waals surface area contributed by atoms with Gasteiger partial charge in [0.25, 0.3) is 10.0 Å². The van der Waals surface area contributed by atoms with Crippen molar-refractivity contribution in [2.45, 2.75) is 57.6 Å². The van der Waals surface area contributed by atoms with E-state index in [9.17, 15) is 18.0 Å². The van der Waals surface area contributed by atoms with Crippen LogP contribution in [0.1, 0.15) is 38.3 Å². The van der Waals surface area contributed by atoms with Crippen LogP contribution in [0.3, 0.4) is 0 Å². The molecule has 0 bridgehead atoms. The Balaban J connectivity index is 2.08. The van der Waals surface area contributed by atoms with E-state index in [1.54, 1.807) is 61.5 Å². The fourth-order valence-electron chi connectivity index (χ4n) is 4.07. The average molecular weight is 621 g/mol. The molecule has 3 rings (SSSR count).